The first kappa shape index (κ1) is 13.0. The van der Waals surface area contributed by atoms with Crippen LogP contribution in [0.5, 0.6) is 0 Å². The number of anilines is 2. The van der Waals surface area contributed by atoms with Crippen molar-refractivity contribution in [1.82, 2.24) is 15.5 Å². The zero-order valence-corrected chi connectivity index (χ0v) is 10.9. The molecule has 2 N–H and O–H groups in total. The second-order valence-corrected chi connectivity index (χ2v) is 4.71. The van der Waals surface area contributed by atoms with Gasteiger partial charge in [0.15, 0.2) is 11.0 Å². The van der Waals surface area contributed by atoms with Gasteiger partial charge in [0.05, 0.1) is 6.07 Å². The highest BCUT2D eigenvalue weighted by molar-refractivity contribution is 7.15. The first-order valence-electron chi connectivity index (χ1n) is 5.51. The monoisotopic (exact) mass is 273 g/mol. The zero-order valence-electron chi connectivity index (χ0n) is 10.1. The van der Waals surface area contributed by atoms with Crippen molar-refractivity contribution in [2.24, 2.45) is 0 Å². The molecule has 1 unspecified atom stereocenters. The fraction of sp³-hybridized carbons (Fsp3) is 0.167. The Kier molecular flexibility index (Phi) is 4.05. The summed E-state index contributed by atoms with van der Waals surface area (Å²) in [6.07, 6.45) is 0. The largest absolute Gasteiger partial charge is 0.335 e. The minimum absolute atomic E-state index is 0.278. The average Bonchev–Trinajstić information content (AvgIpc) is 2.85. The van der Waals surface area contributed by atoms with E-state index in [1.807, 2.05) is 36.4 Å². The highest BCUT2D eigenvalue weighted by Gasteiger charge is 2.17. The lowest BCUT2D eigenvalue weighted by Crippen LogP contribution is -2.24. The van der Waals surface area contributed by atoms with Crippen LogP contribution in [-0.4, -0.2) is 16.1 Å². The van der Waals surface area contributed by atoms with E-state index in [0.717, 1.165) is 5.69 Å². The van der Waals surface area contributed by atoms with Crippen molar-refractivity contribution in [2.45, 2.75) is 13.0 Å². The predicted molar refractivity (Wildman–Crippen MR) is 71.8 cm³/mol. The van der Waals surface area contributed by atoms with Gasteiger partial charge in [-0.25, -0.2) is 0 Å². The van der Waals surface area contributed by atoms with Gasteiger partial charge >= 0.3 is 0 Å². The molecule has 0 fully saturated rings. The lowest BCUT2D eigenvalue weighted by atomic mass is 10.3. The molecule has 0 aliphatic carbocycles. The molecule has 2 rings (SSSR count). The SMILES string of the molecule is CC(=O)NC(C#N)c1nnc(Nc2ccccc2)s1. The molecule has 0 radical (unpaired) electrons. The summed E-state index contributed by atoms with van der Waals surface area (Å²) in [6.45, 7) is 1.36. The number of amides is 1. The lowest BCUT2D eigenvalue weighted by molar-refractivity contribution is -0.119. The van der Waals surface area contributed by atoms with Crippen LogP contribution >= 0.6 is 11.3 Å². The second kappa shape index (κ2) is 5.93. The van der Waals surface area contributed by atoms with Gasteiger partial charge in [0, 0.05) is 12.6 Å². The number of hydrogen-bond acceptors (Lipinski definition) is 6. The molecule has 0 aliphatic heterocycles. The normalized spacial score (nSPS) is 11.4. The standard InChI is InChI=1S/C12H11N5OS/c1-8(18)14-10(7-13)11-16-17-12(19-11)15-9-5-3-2-4-6-9/h2-6,10H,1H3,(H,14,18)(H,15,17). The number of hydrogen-bond donors (Lipinski definition) is 2. The number of rotatable bonds is 4. The summed E-state index contributed by atoms with van der Waals surface area (Å²) in [6, 6.07) is 10.7. The molecule has 1 amide bonds. The molecule has 7 heteroatoms. The van der Waals surface area contributed by atoms with Crippen LogP contribution in [0.15, 0.2) is 30.3 Å². The molecule has 1 atom stereocenters. The smallest absolute Gasteiger partial charge is 0.218 e. The van der Waals surface area contributed by atoms with Crippen LogP contribution in [0, 0.1) is 11.3 Å². The van der Waals surface area contributed by atoms with Crippen molar-refractivity contribution in [3.8, 4) is 6.07 Å². The summed E-state index contributed by atoms with van der Waals surface area (Å²) < 4.78 is 0. The van der Waals surface area contributed by atoms with Crippen molar-refractivity contribution >= 4 is 28.1 Å². The van der Waals surface area contributed by atoms with E-state index in [-0.39, 0.29) is 5.91 Å². The van der Waals surface area contributed by atoms with Crippen LogP contribution in [0.1, 0.15) is 18.0 Å². The summed E-state index contributed by atoms with van der Waals surface area (Å²) in [5.74, 6) is -0.278. The summed E-state index contributed by atoms with van der Waals surface area (Å²) in [7, 11) is 0. The van der Waals surface area contributed by atoms with Crippen LogP contribution < -0.4 is 10.6 Å². The van der Waals surface area contributed by atoms with E-state index in [1.165, 1.54) is 18.3 Å². The Morgan fingerprint density at radius 3 is 2.74 bits per heavy atom. The number of nitrogens with zero attached hydrogens (tertiary/aromatic N) is 3. The average molecular weight is 273 g/mol. The molecule has 6 nitrogen and oxygen atoms in total. The van der Waals surface area contributed by atoms with E-state index in [2.05, 4.69) is 20.8 Å². The first-order chi connectivity index (χ1) is 9.19. The van der Waals surface area contributed by atoms with Gasteiger partial charge in [-0.2, -0.15) is 5.26 Å². The molecule has 1 heterocycles. The van der Waals surface area contributed by atoms with Crippen molar-refractivity contribution in [1.29, 1.82) is 5.26 Å². The van der Waals surface area contributed by atoms with E-state index in [9.17, 15) is 4.79 Å². The quantitative estimate of drug-likeness (QED) is 0.888. The molecule has 1 aromatic carbocycles. The van der Waals surface area contributed by atoms with Gasteiger partial charge in [0.25, 0.3) is 0 Å². The van der Waals surface area contributed by atoms with Crippen LogP contribution in [0.4, 0.5) is 10.8 Å². The number of carbonyl (C=O) groups excluding carboxylic acids is 1. The summed E-state index contributed by atoms with van der Waals surface area (Å²) in [4.78, 5) is 11.0. The van der Waals surface area contributed by atoms with E-state index in [1.54, 1.807) is 0 Å². The Hall–Kier alpha value is -2.46. The van der Waals surface area contributed by atoms with Crippen LogP contribution in [0.25, 0.3) is 0 Å². The summed E-state index contributed by atoms with van der Waals surface area (Å²) >= 11 is 1.23. The molecule has 0 saturated carbocycles. The predicted octanol–water partition coefficient (Wildman–Crippen LogP) is 1.98. The maximum absolute atomic E-state index is 11.0. The molecule has 19 heavy (non-hydrogen) atoms. The van der Waals surface area contributed by atoms with Crippen LogP contribution in [0.2, 0.25) is 0 Å². The Bertz CT molecular complexity index is 604. The molecule has 0 aliphatic rings. The highest BCUT2D eigenvalue weighted by atomic mass is 32.1. The minimum Gasteiger partial charge on any atom is -0.335 e. The third kappa shape index (κ3) is 3.50. The number of nitriles is 1. The Morgan fingerprint density at radius 1 is 1.37 bits per heavy atom. The van der Waals surface area contributed by atoms with Gasteiger partial charge in [0.1, 0.15) is 0 Å². The van der Waals surface area contributed by atoms with Crippen molar-refractivity contribution in [2.75, 3.05) is 5.32 Å². The third-order valence-electron chi connectivity index (χ3n) is 2.19. The number of nitrogens with one attached hydrogen (secondary N) is 2. The van der Waals surface area contributed by atoms with Crippen LogP contribution in [-0.2, 0) is 4.79 Å². The number of carbonyl (C=O) groups is 1. The molecular formula is C12H11N5OS. The van der Waals surface area contributed by atoms with Gasteiger partial charge in [-0.1, -0.05) is 29.5 Å². The minimum atomic E-state index is -0.763. The molecule has 96 valence electrons. The van der Waals surface area contributed by atoms with Crippen LogP contribution in [0.3, 0.4) is 0 Å². The van der Waals surface area contributed by atoms with Crippen molar-refractivity contribution < 1.29 is 4.79 Å². The molecule has 0 saturated heterocycles. The number of para-hydroxylation sites is 1. The summed E-state index contributed by atoms with van der Waals surface area (Å²) in [5.41, 5.74) is 0.887. The molecule has 0 spiro atoms. The van der Waals surface area contributed by atoms with Gasteiger partial charge in [0.2, 0.25) is 11.0 Å². The van der Waals surface area contributed by atoms with E-state index >= 15 is 0 Å². The topological polar surface area (TPSA) is 90.7 Å². The number of benzene rings is 1. The van der Waals surface area contributed by atoms with E-state index in [4.69, 9.17) is 5.26 Å². The lowest BCUT2D eigenvalue weighted by Gasteiger charge is -2.04. The molecule has 0 bridgehead atoms. The Balaban J connectivity index is 2.10. The Labute approximate surface area is 114 Å². The van der Waals surface area contributed by atoms with Gasteiger partial charge < -0.3 is 10.6 Å². The van der Waals surface area contributed by atoms with Gasteiger partial charge in [-0.3, -0.25) is 4.79 Å². The van der Waals surface area contributed by atoms with Gasteiger partial charge in [-0.15, -0.1) is 10.2 Å². The maximum atomic E-state index is 11.0. The van der Waals surface area contributed by atoms with Crippen molar-refractivity contribution in [3.63, 3.8) is 0 Å². The number of aromatic nitrogens is 2. The summed E-state index contributed by atoms with van der Waals surface area (Å²) in [5, 5.41) is 23.4. The van der Waals surface area contributed by atoms with E-state index < -0.39 is 6.04 Å². The Morgan fingerprint density at radius 2 is 2.11 bits per heavy atom. The first-order valence-corrected chi connectivity index (χ1v) is 6.33. The molecular weight excluding hydrogens is 262 g/mol. The van der Waals surface area contributed by atoms with Gasteiger partial charge in [-0.05, 0) is 12.1 Å². The second-order valence-electron chi connectivity index (χ2n) is 3.70. The molecule has 2 aromatic rings. The fourth-order valence-corrected chi connectivity index (χ4v) is 2.16. The van der Waals surface area contributed by atoms with Crippen molar-refractivity contribution in [3.05, 3.63) is 35.3 Å². The maximum Gasteiger partial charge on any atom is 0.218 e. The highest BCUT2D eigenvalue weighted by Crippen LogP contribution is 2.24. The third-order valence-corrected chi connectivity index (χ3v) is 3.09. The zero-order chi connectivity index (χ0) is 13.7. The van der Waals surface area contributed by atoms with E-state index in [0.29, 0.717) is 10.1 Å². The molecule has 1 aromatic heterocycles. The fourth-order valence-electron chi connectivity index (χ4n) is 1.40.